The molecule has 0 atom stereocenters. The molecule has 0 radical (unpaired) electrons. The SMILES string of the molecule is CCc1ccccc1NC(=O)c1nc(C(=O)N2CCCC2)n2c1CCCC2. The number of anilines is 1. The summed E-state index contributed by atoms with van der Waals surface area (Å²) in [6.45, 7) is 4.39. The predicted molar refractivity (Wildman–Crippen MR) is 104 cm³/mol. The van der Waals surface area contributed by atoms with Crippen molar-refractivity contribution in [1.82, 2.24) is 14.5 Å². The average Bonchev–Trinajstić information content (AvgIpc) is 3.36. The van der Waals surface area contributed by atoms with Gasteiger partial charge in [-0.25, -0.2) is 4.98 Å². The number of nitrogens with one attached hydrogen (secondary N) is 1. The van der Waals surface area contributed by atoms with Crippen LogP contribution in [0.5, 0.6) is 0 Å². The number of rotatable bonds is 4. The molecule has 2 amide bonds. The summed E-state index contributed by atoms with van der Waals surface area (Å²) in [7, 11) is 0. The molecule has 0 bridgehead atoms. The van der Waals surface area contributed by atoms with Crippen molar-refractivity contribution in [2.75, 3.05) is 18.4 Å². The van der Waals surface area contributed by atoms with Crippen LogP contribution in [-0.2, 0) is 19.4 Å². The Morgan fingerprint density at radius 1 is 1.07 bits per heavy atom. The Bertz CT molecular complexity index is 865. The molecule has 0 saturated carbocycles. The summed E-state index contributed by atoms with van der Waals surface area (Å²) >= 11 is 0. The van der Waals surface area contributed by atoms with Crippen molar-refractivity contribution in [1.29, 1.82) is 0 Å². The van der Waals surface area contributed by atoms with Crippen molar-refractivity contribution in [3.05, 3.63) is 47.0 Å². The van der Waals surface area contributed by atoms with Gasteiger partial charge in [0.15, 0.2) is 11.5 Å². The van der Waals surface area contributed by atoms with E-state index < -0.39 is 0 Å². The fraction of sp³-hybridized carbons (Fsp3) is 0.476. The van der Waals surface area contributed by atoms with Crippen LogP contribution < -0.4 is 5.32 Å². The van der Waals surface area contributed by atoms with Gasteiger partial charge in [0.2, 0.25) is 0 Å². The van der Waals surface area contributed by atoms with Crippen molar-refractivity contribution in [2.45, 2.75) is 52.0 Å². The van der Waals surface area contributed by atoms with Crippen molar-refractivity contribution in [3.8, 4) is 0 Å². The predicted octanol–water partition coefficient (Wildman–Crippen LogP) is 3.27. The third-order valence-electron chi connectivity index (χ3n) is 5.56. The highest BCUT2D eigenvalue weighted by Gasteiger charge is 2.30. The Kier molecular flexibility index (Phi) is 4.97. The van der Waals surface area contributed by atoms with Gasteiger partial charge in [0.05, 0.1) is 5.69 Å². The van der Waals surface area contributed by atoms with Crippen molar-refractivity contribution < 1.29 is 9.59 Å². The molecule has 6 heteroatoms. The number of aromatic nitrogens is 2. The summed E-state index contributed by atoms with van der Waals surface area (Å²) in [5, 5.41) is 3.01. The molecule has 0 unspecified atom stereocenters. The van der Waals surface area contributed by atoms with E-state index in [0.29, 0.717) is 11.5 Å². The van der Waals surface area contributed by atoms with E-state index in [1.165, 1.54) is 0 Å². The van der Waals surface area contributed by atoms with E-state index in [1.807, 2.05) is 33.7 Å². The first kappa shape index (κ1) is 17.8. The van der Waals surface area contributed by atoms with Crippen LogP contribution >= 0.6 is 0 Å². The van der Waals surface area contributed by atoms with E-state index in [2.05, 4.69) is 17.2 Å². The minimum Gasteiger partial charge on any atom is -0.336 e. The van der Waals surface area contributed by atoms with Gasteiger partial charge in [-0.1, -0.05) is 25.1 Å². The molecule has 2 aliphatic rings. The van der Waals surface area contributed by atoms with Gasteiger partial charge in [0.25, 0.3) is 11.8 Å². The molecule has 1 N–H and O–H groups in total. The van der Waals surface area contributed by atoms with E-state index in [-0.39, 0.29) is 11.8 Å². The first-order chi connectivity index (χ1) is 13.2. The molecular formula is C21H26N4O2. The molecule has 1 aromatic heterocycles. The molecule has 1 aromatic carbocycles. The molecule has 1 fully saturated rings. The maximum absolute atomic E-state index is 13.0. The van der Waals surface area contributed by atoms with Crippen molar-refractivity contribution in [3.63, 3.8) is 0 Å². The van der Waals surface area contributed by atoms with E-state index >= 15 is 0 Å². The van der Waals surface area contributed by atoms with Gasteiger partial charge in [0.1, 0.15) is 0 Å². The molecule has 2 aliphatic heterocycles. The van der Waals surface area contributed by atoms with E-state index in [1.54, 1.807) is 0 Å². The van der Waals surface area contributed by atoms with Gasteiger partial charge < -0.3 is 14.8 Å². The monoisotopic (exact) mass is 366 g/mol. The lowest BCUT2D eigenvalue weighted by Crippen LogP contribution is -2.31. The molecule has 2 aromatic rings. The minimum atomic E-state index is -0.220. The fourth-order valence-corrected chi connectivity index (χ4v) is 4.08. The van der Waals surface area contributed by atoms with Crippen molar-refractivity contribution in [2.24, 2.45) is 0 Å². The van der Waals surface area contributed by atoms with E-state index in [9.17, 15) is 9.59 Å². The normalized spacial score (nSPS) is 16.3. The van der Waals surface area contributed by atoms with Crippen LogP contribution in [0, 0.1) is 0 Å². The number of carbonyl (C=O) groups excluding carboxylic acids is 2. The largest absolute Gasteiger partial charge is 0.336 e. The quantitative estimate of drug-likeness (QED) is 0.903. The number of aryl methyl sites for hydroxylation is 1. The number of nitrogens with zero attached hydrogens (tertiary/aromatic N) is 3. The minimum absolute atomic E-state index is 0.0383. The lowest BCUT2D eigenvalue weighted by Gasteiger charge is -2.19. The van der Waals surface area contributed by atoms with Crippen LogP contribution in [0.3, 0.4) is 0 Å². The Morgan fingerprint density at radius 3 is 2.59 bits per heavy atom. The molecule has 0 aliphatic carbocycles. The van der Waals surface area contributed by atoms with Crippen LogP contribution in [0.1, 0.15) is 65.0 Å². The van der Waals surface area contributed by atoms with Gasteiger partial charge in [-0.3, -0.25) is 9.59 Å². The summed E-state index contributed by atoms with van der Waals surface area (Å²) in [5.41, 5.74) is 3.21. The Labute approximate surface area is 159 Å². The molecule has 27 heavy (non-hydrogen) atoms. The number of likely N-dealkylation sites (tertiary alicyclic amines) is 1. The lowest BCUT2D eigenvalue weighted by molar-refractivity contribution is 0.0774. The molecule has 0 spiro atoms. The zero-order valence-corrected chi connectivity index (χ0v) is 15.8. The Balaban J connectivity index is 1.66. The summed E-state index contributed by atoms with van der Waals surface area (Å²) in [6.07, 6.45) is 5.76. The zero-order chi connectivity index (χ0) is 18.8. The summed E-state index contributed by atoms with van der Waals surface area (Å²) in [4.78, 5) is 32.3. The van der Waals surface area contributed by atoms with Gasteiger partial charge in [-0.2, -0.15) is 0 Å². The molecule has 142 valence electrons. The summed E-state index contributed by atoms with van der Waals surface area (Å²) in [5.74, 6) is 0.172. The molecular weight excluding hydrogens is 340 g/mol. The second-order valence-electron chi connectivity index (χ2n) is 7.30. The second-order valence-corrected chi connectivity index (χ2v) is 7.30. The van der Waals surface area contributed by atoms with Gasteiger partial charge in [-0.05, 0) is 50.2 Å². The van der Waals surface area contributed by atoms with E-state index in [0.717, 1.165) is 75.1 Å². The summed E-state index contributed by atoms with van der Waals surface area (Å²) < 4.78 is 1.98. The number of carbonyl (C=O) groups is 2. The fourth-order valence-electron chi connectivity index (χ4n) is 4.08. The maximum Gasteiger partial charge on any atom is 0.289 e. The highest BCUT2D eigenvalue weighted by Crippen LogP contribution is 2.24. The van der Waals surface area contributed by atoms with Gasteiger partial charge >= 0.3 is 0 Å². The van der Waals surface area contributed by atoms with Crippen LogP contribution in [0.15, 0.2) is 24.3 Å². The molecule has 4 rings (SSSR count). The average molecular weight is 366 g/mol. The van der Waals surface area contributed by atoms with Crippen LogP contribution in [0.25, 0.3) is 0 Å². The number of hydrogen-bond acceptors (Lipinski definition) is 3. The smallest absolute Gasteiger partial charge is 0.289 e. The lowest BCUT2D eigenvalue weighted by atomic mass is 10.1. The van der Waals surface area contributed by atoms with Crippen molar-refractivity contribution >= 4 is 17.5 Å². The number of benzene rings is 1. The first-order valence-corrected chi connectivity index (χ1v) is 9.97. The zero-order valence-electron chi connectivity index (χ0n) is 15.8. The van der Waals surface area contributed by atoms with Crippen LogP contribution in [0.2, 0.25) is 0 Å². The highest BCUT2D eigenvalue weighted by molar-refractivity contribution is 6.05. The highest BCUT2D eigenvalue weighted by atomic mass is 16.2. The topological polar surface area (TPSA) is 67.2 Å². The first-order valence-electron chi connectivity index (χ1n) is 9.97. The van der Waals surface area contributed by atoms with Crippen LogP contribution in [-0.4, -0.2) is 39.4 Å². The number of hydrogen-bond donors (Lipinski definition) is 1. The standard InChI is InChI=1S/C21H26N4O2/c1-2-15-9-3-4-10-16(15)22-20(26)18-17-11-5-6-14-25(17)19(23-18)21(27)24-12-7-8-13-24/h3-4,9-10H,2,5-8,11-14H2,1H3,(H,22,26). The number of amides is 2. The maximum atomic E-state index is 13.0. The Hall–Kier alpha value is -2.63. The van der Waals surface area contributed by atoms with Crippen LogP contribution in [0.4, 0.5) is 5.69 Å². The molecule has 6 nitrogen and oxygen atoms in total. The number of imidazole rings is 1. The molecule has 1 saturated heterocycles. The third-order valence-corrected chi connectivity index (χ3v) is 5.56. The summed E-state index contributed by atoms with van der Waals surface area (Å²) in [6, 6.07) is 7.82. The molecule has 3 heterocycles. The second kappa shape index (κ2) is 7.55. The van der Waals surface area contributed by atoms with Gasteiger partial charge in [-0.15, -0.1) is 0 Å². The third kappa shape index (κ3) is 3.36. The van der Waals surface area contributed by atoms with E-state index in [4.69, 9.17) is 0 Å². The van der Waals surface area contributed by atoms with Gasteiger partial charge in [0, 0.05) is 25.3 Å². The number of para-hydroxylation sites is 1. The Morgan fingerprint density at radius 2 is 1.81 bits per heavy atom. The number of fused-ring (bicyclic) bond motifs is 1.